The third-order valence-electron chi connectivity index (χ3n) is 14.7. The number of esters is 3. The second-order valence-corrected chi connectivity index (χ2v) is 22.4. The second kappa shape index (κ2) is 65.4. The lowest BCUT2D eigenvalue weighted by molar-refractivity contribution is -0.167. The van der Waals surface area contributed by atoms with E-state index in [1.165, 1.54) is 205 Å². The highest BCUT2D eigenvalue weighted by Gasteiger charge is 2.19. The Morgan fingerprint density at radius 3 is 0.805 bits per heavy atom. The van der Waals surface area contributed by atoms with Gasteiger partial charge < -0.3 is 14.2 Å². The summed E-state index contributed by atoms with van der Waals surface area (Å²) in [6.07, 6.45) is 84.8. The van der Waals surface area contributed by atoms with E-state index in [2.05, 4.69) is 93.7 Å². The molecule has 446 valence electrons. The molecule has 0 bridgehead atoms. The summed E-state index contributed by atoms with van der Waals surface area (Å²) in [5.74, 6) is -0.863. The molecule has 0 spiro atoms. The zero-order chi connectivity index (χ0) is 55.7. The van der Waals surface area contributed by atoms with Gasteiger partial charge in [0.2, 0.25) is 0 Å². The van der Waals surface area contributed by atoms with Crippen LogP contribution in [0.5, 0.6) is 0 Å². The van der Waals surface area contributed by atoms with Crippen LogP contribution in [0.4, 0.5) is 0 Å². The van der Waals surface area contributed by atoms with Crippen LogP contribution in [-0.4, -0.2) is 37.2 Å². The smallest absolute Gasteiger partial charge is 0.306 e. The highest BCUT2D eigenvalue weighted by atomic mass is 16.6. The standard InChI is InChI=1S/C71H126O6/c1-4-7-10-13-16-19-22-25-28-30-32-33-34-35-36-37-38-39-40-42-43-46-49-52-55-58-61-64-70(73)76-67-68(66-75-69(72)63-60-57-54-51-48-45-27-24-21-18-15-12-9-6-3)77-71(74)65-62-59-56-53-50-47-44-41-31-29-26-23-20-17-14-11-8-5-2/h7,10,16,19-20,23,25,28-29,31-33,68H,4-6,8-9,11-15,17-18,21-22,24,26-27,30,34-67H2,1-3H3/b10-7-,19-16-,23-20-,28-25-,31-29-,33-32-. The van der Waals surface area contributed by atoms with Gasteiger partial charge in [0.15, 0.2) is 6.10 Å². The largest absolute Gasteiger partial charge is 0.462 e. The van der Waals surface area contributed by atoms with Crippen LogP contribution in [0.1, 0.15) is 342 Å². The monoisotopic (exact) mass is 1070 g/mol. The minimum atomic E-state index is -0.778. The Hall–Kier alpha value is -3.15. The first-order valence-corrected chi connectivity index (χ1v) is 33.4. The fraction of sp³-hybridized carbons (Fsp3) is 0.789. The van der Waals surface area contributed by atoms with E-state index in [0.29, 0.717) is 19.3 Å². The Bertz CT molecular complexity index is 1420. The first-order valence-electron chi connectivity index (χ1n) is 33.4. The molecule has 0 fully saturated rings. The maximum absolute atomic E-state index is 12.9. The van der Waals surface area contributed by atoms with Crippen molar-refractivity contribution in [2.24, 2.45) is 0 Å². The topological polar surface area (TPSA) is 78.9 Å². The number of hydrogen-bond acceptors (Lipinski definition) is 6. The zero-order valence-corrected chi connectivity index (χ0v) is 51.2. The molecule has 0 aliphatic heterocycles. The van der Waals surface area contributed by atoms with Crippen molar-refractivity contribution in [3.05, 3.63) is 72.9 Å². The molecule has 0 radical (unpaired) electrons. The summed E-state index contributed by atoms with van der Waals surface area (Å²) in [5.41, 5.74) is 0. The van der Waals surface area contributed by atoms with Crippen molar-refractivity contribution < 1.29 is 28.6 Å². The fourth-order valence-electron chi connectivity index (χ4n) is 9.70. The summed E-state index contributed by atoms with van der Waals surface area (Å²) in [7, 11) is 0. The number of carbonyl (C=O) groups is 3. The first-order chi connectivity index (χ1) is 38.0. The molecular formula is C71H126O6. The van der Waals surface area contributed by atoms with Crippen molar-refractivity contribution in [2.75, 3.05) is 13.2 Å². The summed E-state index contributed by atoms with van der Waals surface area (Å²) in [4.78, 5) is 38.4. The number of hydrogen-bond donors (Lipinski definition) is 0. The lowest BCUT2D eigenvalue weighted by atomic mass is 10.0. The van der Waals surface area contributed by atoms with Gasteiger partial charge in [0.1, 0.15) is 13.2 Å². The van der Waals surface area contributed by atoms with Gasteiger partial charge in [-0.05, 0) is 89.9 Å². The Morgan fingerprint density at radius 2 is 0.506 bits per heavy atom. The van der Waals surface area contributed by atoms with Crippen LogP contribution in [0.3, 0.4) is 0 Å². The normalized spacial score (nSPS) is 12.5. The molecule has 6 nitrogen and oxygen atoms in total. The number of unbranched alkanes of at least 4 members (excludes halogenated alkanes) is 38. The predicted molar refractivity (Wildman–Crippen MR) is 335 cm³/mol. The van der Waals surface area contributed by atoms with E-state index in [9.17, 15) is 14.4 Å². The maximum atomic E-state index is 12.9. The predicted octanol–water partition coefficient (Wildman–Crippen LogP) is 22.9. The summed E-state index contributed by atoms with van der Waals surface area (Å²) in [6, 6.07) is 0. The van der Waals surface area contributed by atoms with Crippen molar-refractivity contribution in [2.45, 2.75) is 348 Å². The van der Waals surface area contributed by atoms with E-state index in [0.717, 1.165) is 96.3 Å². The Kier molecular flexibility index (Phi) is 62.7. The van der Waals surface area contributed by atoms with Gasteiger partial charge in [0.25, 0.3) is 0 Å². The third-order valence-corrected chi connectivity index (χ3v) is 14.7. The molecule has 0 aliphatic carbocycles. The van der Waals surface area contributed by atoms with Crippen molar-refractivity contribution >= 4 is 17.9 Å². The van der Waals surface area contributed by atoms with E-state index in [1.54, 1.807) is 0 Å². The minimum absolute atomic E-state index is 0.0742. The van der Waals surface area contributed by atoms with Crippen LogP contribution in [0.15, 0.2) is 72.9 Å². The van der Waals surface area contributed by atoms with E-state index in [1.807, 2.05) is 0 Å². The molecule has 77 heavy (non-hydrogen) atoms. The lowest BCUT2D eigenvalue weighted by Crippen LogP contribution is -2.30. The molecule has 0 saturated carbocycles. The maximum Gasteiger partial charge on any atom is 0.306 e. The van der Waals surface area contributed by atoms with E-state index in [-0.39, 0.29) is 31.1 Å². The second-order valence-electron chi connectivity index (χ2n) is 22.4. The lowest BCUT2D eigenvalue weighted by Gasteiger charge is -2.18. The molecule has 6 heteroatoms. The van der Waals surface area contributed by atoms with Gasteiger partial charge in [-0.3, -0.25) is 14.4 Å². The first kappa shape index (κ1) is 73.8. The molecule has 0 saturated heterocycles. The van der Waals surface area contributed by atoms with E-state index in [4.69, 9.17) is 14.2 Å². The molecular weight excluding hydrogens is 949 g/mol. The van der Waals surface area contributed by atoms with E-state index < -0.39 is 6.10 Å². The zero-order valence-electron chi connectivity index (χ0n) is 51.2. The van der Waals surface area contributed by atoms with Gasteiger partial charge >= 0.3 is 17.9 Å². The molecule has 0 aromatic carbocycles. The van der Waals surface area contributed by atoms with Gasteiger partial charge in [0, 0.05) is 19.3 Å². The third kappa shape index (κ3) is 63.6. The van der Waals surface area contributed by atoms with E-state index >= 15 is 0 Å². The molecule has 0 heterocycles. The van der Waals surface area contributed by atoms with Crippen LogP contribution in [-0.2, 0) is 28.6 Å². The van der Waals surface area contributed by atoms with Crippen LogP contribution < -0.4 is 0 Å². The number of allylic oxidation sites excluding steroid dienone is 12. The molecule has 1 unspecified atom stereocenters. The Morgan fingerprint density at radius 1 is 0.273 bits per heavy atom. The molecule has 0 aromatic rings. The highest BCUT2D eigenvalue weighted by Crippen LogP contribution is 2.17. The molecule has 0 N–H and O–H groups in total. The van der Waals surface area contributed by atoms with Crippen LogP contribution in [0.25, 0.3) is 0 Å². The Labute approximate surface area is 478 Å². The average molecular weight is 1080 g/mol. The highest BCUT2D eigenvalue weighted by molar-refractivity contribution is 5.71. The fourth-order valence-corrected chi connectivity index (χ4v) is 9.70. The van der Waals surface area contributed by atoms with Crippen molar-refractivity contribution in [1.29, 1.82) is 0 Å². The summed E-state index contributed by atoms with van der Waals surface area (Å²) < 4.78 is 17.0. The summed E-state index contributed by atoms with van der Waals surface area (Å²) in [6.45, 7) is 6.55. The molecule has 0 amide bonds. The number of carbonyl (C=O) groups excluding carboxylic acids is 3. The van der Waals surface area contributed by atoms with Crippen LogP contribution >= 0.6 is 0 Å². The molecule has 0 rings (SSSR count). The van der Waals surface area contributed by atoms with Crippen LogP contribution in [0, 0.1) is 0 Å². The van der Waals surface area contributed by atoms with Crippen molar-refractivity contribution in [3.8, 4) is 0 Å². The van der Waals surface area contributed by atoms with Crippen molar-refractivity contribution in [1.82, 2.24) is 0 Å². The number of rotatable bonds is 61. The number of ether oxygens (including phenoxy) is 3. The van der Waals surface area contributed by atoms with Gasteiger partial charge in [0.05, 0.1) is 0 Å². The van der Waals surface area contributed by atoms with Gasteiger partial charge in [-0.2, -0.15) is 0 Å². The van der Waals surface area contributed by atoms with Crippen LogP contribution in [0.2, 0.25) is 0 Å². The van der Waals surface area contributed by atoms with Gasteiger partial charge in [-0.1, -0.05) is 306 Å². The minimum Gasteiger partial charge on any atom is -0.462 e. The quantitative estimate of drug-likeness (QED) is 0.0261. The van der Waals surface area contributed by atoms with Gasteiger partial charge in [-0.25, -0.2) is 0 Å². The molecule has 0 aromatic heterocycles. The molecule has 1 atom stereocenters. The SMILES string of the molecule is CC/C=C\C/C=C\C/C=C\C/C=C\CCCCCCCCCCCCCCCCC(=O)OCC(COC(=O)CCCCCCCCCCCCCCCC)OC(=O)CCCCCCCCC/C=C\C/C=C\CCCCCC. The van der Waals surface area contributed by atoms with Gasteiger partial charge in [-0.15, -0.1) is 0 Å². The average Bonchev–Trinajstić information content (AvgIpc) is 3.43. The Balaban J connectivity index is 4.27. The van der Waals surface area contributed by atoms with Crippen molar-refractivity contribution in [3.63, 3.8) is 0 Å². The summed E-state index contributed by atoms with van der Waals surface area (Å²) in [5, 5.41) is 0. The summed E-state index contributed by atoms with van der Waals surface area (Å²) >= 11 is 0. The molecule has 0 aliphatic rings.